The largest absolute Gasteiger partial charge is 0.454 e. The summed E-state index contributed by atoms with van der Waals surface area (Å²) in [6.07, 6.45) is 4.13. The summed E-state index contributed by atoms with van der Waals surface area (Å²) in [6, 6.07) is 9.74. The summed E-state index contributed by atoms with van der Waals surface area (Å²) >= 11 is 0. The van der Waals surface area contributed by atoms with Crippen LogP contribution in [0.15, 0.2) is 36.5 Å². The molecule has 6 heteroatoms. The maximum atomic E-state index is 12.7. The number of aromatic nitrogens is 1. The molecule has 1 aliphatic carbocycles. The molecule has 2 amide bonds. The van der Waals surface area contributed by atoms with Crippen molar-refractivity contribution >= 4 is 11.7 Å². The maximum Gasteiger partial charge on any atom is 0.322 e. The third-order valence-electron chi connectivity index (χ3n) is 4.26. The number of fused-ring (bicyclic) bond motifs is 1. The number of hydrogen-bond acceptors (Lipinski definition) is 3. The molecule has 1 N–H and O–H groups in total. The Morgan fingerprint density at radius 3 is 2.87 bits per heavy atom. The summed E-state index contributed by atoms with van der Waals surface area (Å²) in [5.74, 6) is 1.38. The van der Waals surface area contributed by atoms with Gasteiger partial charge in [-0.3, -0.25) is 0 Å². The highest BCUT2D eigenvalue weighted by atomic mass is 16.7. The van der Waals surface area contributed by atoms with Crippen molar-refractivity contribution in [2.45, 2.75) is 25.4 Å². The van der Waals surface area contributed by atoms with Gasteiger partial charge in [0.25, 0.3) is 0 Å². The molecule has 4 rings (SSSR count). The van der Waals surface area contributed by atoms with E-state index in [2.05, 4.69) is 5.32 Å². The van der Waals surface area contributed by atoms with Crippen LogP contribution in [0.2, 0.25) is 0 Å². The zero-order valence-electron chi connectivity index (χ0n) is 13.0. The van der Waals surface area contributed by atoms with Crippen LogP contribution in [-0.4, -0.2) is 28.3 Å². The average Bonchev–Trinajstić information content (AvgIpc) is 3.13. The standard InChI is InChI=1S/C17H19N3O3/c1-19-8-2-3-14(19)10-20(13-5-6-13)17(21)18-12-4-7-15-16(9-12)23-11-22-15/h2-4,7-9,13H,5-6,10-11H2,1H3,(H,18,21). The highest BCUT2D eigenvalue weighted by molar-refractivity contribution is 5.90. The Morgan fingerprint density at radius 2 is 2.13 bits per heavy atom. The molecule has 6 nitrogen and oxygen atoms in total. The molecule has 1 aromatic heterocycles. The summed E-state index contributed by atoms with van der Waals surface area (Å²) in [4.78, 5) is 14.6. The predicted molar refractivity (Wildman–Crippen MR) is 85.6 cm³/mol. The molecule has 2 heterocycles. The number of hydrogen-bond donors (Lipinski definition) is 1. The number of urea groups is 1. The molecule has 0 spiro atoms. The minimum absolute atomic E-state index is 0.0763. The van der Waals surface area contributed by atoms with Gasteiger partial charge in [-0.1, -0.05) is 0 Å². The van der Waals surface area contributed by atoms with E-state index in [-0.39, 0.29) is 12.8 Å². The fourth-order valence-electron chi connectivity index (χ4n) is 2.76. The van der Waals surface area contributed by atoms with E-state index in [4.69, 9.17) is 9.47 Å². The maximum absolute atomic E-state index is 12.7. The van der Waals surface area contributed by atoms with Gasteiger partial charge < -0.3 is 24.3 Å². The summed E-state index contributed by atoms with van der Waals surface area (Å²) < 4.78 is 12.7. The molecule has 1 saturated carbocycles. The Balaban J connectivity index is 1.48. The molecule has 0 bridgehead atoms. The number of rotatable bonds is 4. The number of ether oxygens (including phenoxy) is 2. The first-order chi connectivity index (χ1) is 11.2. The van der Waals surface area contributed by atoms with Gasteiger partial charge >= 0.3 is 6.03 Å². The van der Waals surface area contributed by atoms with E-state index in [0.29, 0.717) is 24.1 Å². The van der Waals surface area contributed by atoms with Crippen molar-refractivity contribution in [2.24, 2.45) is 7.05 Å². The third kappa shape index (κ3) is 2.84. The van der Waals surface area contributed by atoms with Gasteiger partial charge in [-0.05, 0) is 37.1 Å². The van der Waals surface area contributed by atoms with Gasteiger partial charge in [-0.15, -0.1) is 0 Å². The van der Waals surface area contributed by atoms with Crippen LogP contribution < -0.4 is 14.8 Å². The quantitative estimate of drug-likeness (QED) is 0.944. The van der Waals surface area contributed by atoms with Crippen molar-refractivity contribution in [3.8, 4) is 11.5 Å². The first-order valence-electron chi connectivity index (χ1n) is 7.78. The Kier molecular flexibility index (Phi) is 3.37. The number of amides is 2. The van der Waals surface area contributed by atoms with Crippen LogP contribution >= 0.6 is 0 Å². The molecule has 1 aromatic carbocycles. The summed E-state index contributed by atoms with van der Waals surface area (Å²) in [5.41, 5.74) is 1.84. The smallest absolute Gasteiger partial charge is 0.322 e. The number of nitrogens with one attached hydrogen (secondary N) is 1. The third-order valence-corrected chi connectivity index (χ3v) is 4.26. The number of benzene rings is 1. The van der Waals surface area contributed by atoms with Crippen LogP contribution in [0.25, 0.3) is 0 Å². The predicted octanol–water partition coefficient (Wildman–Crippen LogP) is 2.95. The van der Waals surface area contributed by atoms with E-state index in [1.165, 1.54) is 0 Å². The lowest BCUT2D eigenvalue weighted by molar-refractivity contribution is 0.174. The first kappa shape index (κ1) is 14.0. The Bertz CT molecular complexity index is 736. The molecule has 120 valence electrons. The van der Waals surface area contributed by atoms with Crippen LogP contribution in [0.1, 0.15) is 18.5 Å². The molecule has 1 aliphatic heterocycles. The second kappa shape index (κ2) is 5.53. The molecule has 0 atom stereocenters. The number of carbonyl (C=O) groups is 1. The van der Waals surface area contributed by atoms with Crippen molar-refractivity contribution in [1.82, 2.24) is 9.47 Å². The van der Waals surface area contributed by atoms with Gasteiger partial charge in [-0.2, -0.15) is 0 Å². The van der Waals surface area contributed by atoms with Crippen LogP contribution in [0.5, 0.6) is 11.5 Å². The molecule has 2 aromatic rings. The van der Waals surface area contributed by atoms with Crippen molar-refractivity contribution in [3.05, 3.63) is 42.2 Å². The number of aryl methyl sites for hydroxylation is 1. The molecular weight excluding hydrogens is 294 g/mol. The lowest BCUT2D eigenvalue weighted by atomic mass is 10.3. The van der Waals surface area contributed by atoms with E-state index < -0.39 is 0 Å². The Labute approximate surface area is 134 Å². The van der Waals surface area contributed by atoms with Gasteiger partial charge in [-0.25, -0.2) is 4.79 Å². The van der Waals surface area contributed by atoms with Crippen molar-refractivity contribution in [2.75, 3.05) is 12.1 Å². The summed E-state index contributed by atoms with van der Waals surface area (Å²) in [6.45, 7) is 0.846. The van der Waals surface area contributed by atoms with Crippen molar-refractivity contribution < 1.29 is 14.3 Å². The summed E-state index contributed by atoms with van der Waals surface area (Å²) in [7, 11) is 2.00. The SMILES string of the molecule is Cn1cccc1CN(C(=O)Nc1ccc2c(c1)OCO2)C1CC1. The highest BCUT2D eigenvalue weighted by Gasteiger charge is 2.33. The normalized spacial score (nSPS) is 15.5. The molecule has 2 aliphatic rings. The van der Waals surface area contributed by atoms with Crippen molar-refractivity contribution in [1.29, 1.82) is 0 Å². The lowest BCUT2D eigenvalue weighted by Gasteiger charge is -2.23. The van der Waals surface area contributed by atoms with E-state index in [1.54, 1.807) is 6.07 Å². The fourth-order valence-corrected chi connectivity index (χ4v) is 2.76. The Morgan fingerprint density at radius 1 is 1.30 bits per heavy atom. The average molecular weight is 313 g/mol. The highest BCUT2D eigenvalue weighted by Crippen LogP contribution is 2.35. The van der Waals surface area contributed by atoms with Crippen LogP contribution in [0, 0.1) is 0 Å². The zero-order valence-corrected chi connectivity index (χ0v) is 13.0. The molecular formula is C17H19N3O3. The van der Waals surface area contributed by atoms with Crippen LogP contribution in [0.4, 0.5) is 10.5 Å². The number of anilines is 1. The topological polar surface area (TPSA) is 55.7 Å². The fraction of sp³-hybridized carbons (Fsp3) is 0.353. The minimum atomic E-state index is -0.0763. The zero-order chi connectivity index (χ0) is 15.8. The Hall–Kier alpha value is -2.63. The van der Waals surface area contributed by atoms with Crippen molar-refractivity contribution in [3.63, 3.8) is 0 Å². The molecule has 1 fully saturated rings. The van der Waals surface area contributed by atoms with E-state index >= 15 is 0 Å². The van der Waals surface area contributed by atoms with Crippen LogP contribution in [0.3, 0.4) is 0 Å². The van der Waals surface area contributed by atoms with E-state index in [9.17, 15) is 4.79 Å². The minimum Gasteiger partial charge on any atom is -0.454 e. The van der Waals surface area contributed by atoms with Gasteiger partial charge in [0.05, 0.1) is 6.54 Å². The van der Waals surface area contributed by atoms with Crippen LogP contribution in [-0.2, 0) is 13.6 Å². The molecule has 0 radical (unpaired) electrons. The lowest BCUT2D eigenvalue weighted by Crippen LogP contribution is -2.36. The first-order valence-corrected chi connectivity index (χ1v) is 7.78. The molecule has 23 heavy (non-hydrogen) atoms. The van der Waals surface area contributed by atoms with E-state index in [0.717, 1.165) is 24.2 Å². The summed E-state index contributed by atoms with van der Waals surface area (Å²) in [5, 5.41) is 2.97. The van der Waals surface area contributed by atoms with Gasteiger partial charge in [0.1, 0.15) is 0 Å². The van der Waals surface area contributed by atoms with Gasteiger partial charge in [0.2, 0.25) is 6.79 Å². The second-order valence-corrected chi connectivity index (χ2v) is 5.97. The number of nitrogens with zero attached hydrogens (tertiary/aromatic N) is 2. The molecule has 0 saturated heterocycles. The number of carbonyl (C=O) groups excluding carboxylic acids is 1. The monoisotopic (exact) mass is 313 g/mol. The molecule has 0 unspecified atom stereocenters. The van der Waals surface area contributed by atoms with Gasteiger partial charge in [0, 0.05) is 36.7 Å². The van der Waals surface area contributed by atoms with E-state index in [1.807, 2.05) is 47.0 Å². The van der Waals surface area contributed by atoms with Gasteiger partial charge in [0.15, 0.2) is 11.5 Å². The second-order valence-electron chi connectivity index (χ2n) is 5.97.